The molecule has 2 rings (SSSR count). The molecule has 6 heteroatoms. The summed E-state index contributed by atoms with van der Waals surface area (Å²) in [6.07, 6.45) is 0. The van der Waals surface area contributed by atoms with E-state index >= 15 is 0 Å². The fourth-order valence-electron chi connectivity index (χ4n) is 1.47. The van der Waals surface area contributed by atoms with Crippen LogP contribution in [0.25, 0.3) is 0 Å². The van der Waals surface area contributed by atoms with Crippen molar-refractivity contribution in [2.24, 2.45) is 0 Å². The summed E-state index contributed by atoms with van der Waals surface area (Å²) in [5, 5.41) is 0. The summed E-state index contributed by atoms with van der Waals surface area (Å²) in [4.78, 5) is 0.910. The van der Waals surface area contributed by atoms with E-state index in [-0.39, 0.29) is 5.82 Å². The minimum Gasteiger partial charge on any atom is -0.230 e. The first-order valence-corrected chi connectivity index (χ1v) is 9.90. The minimum atomic E-state index is -3.50. The highest BCUT2D eigenvalue weighted by Gasteiger charge is 2.08. The van der Waals surface area contributed by atoms with E-state index in [1.165, 1.54) is 23.9 Å². The van der Waals surface area contributed by atoms with Crippen molar-refractivity contribution in [3.05, 3.63) is 61.9 Å². The third kappa shape index (κ3) is 4.25. The van der Waals surface area contributed by atoms with Crippen LogP contribution in [0.2, 0.25) is 0 Å². The van der Waals surface area contributed by atoms with Gasteiger partial charge in [0.1, 0.15) is 5.82 Å². The van der Waals surface area contributed by atoms with Gasteiger partial charge in [0.2, 0.25) is 0 Å². The Kier molecular flexibility index (Phi) is 5.35. The van der Waals surface area contributed by atoms with Gasteiger partial charge in [0.25, 0.3) is 0 Å². The Morgan fingerprint density at radius 3 is 2.42 bits per heavy atom. The number of hydrogen-bond donors (Lipinski definition) is 0. The van der Waals surface area contributed by atoms with Crippen LogP contribution in [0.1, 0.15) is 5.56 Å². The molecule has 0 N–H and O–H groups in total. The second-order valence-corrected chi connectivity index (χ2v) is 8.06. The van der Waals surface area contributed by atoms with Crippen molar-refractivity contribution in [2.75, 3.05) is 0 Å². The van der Waals surface area contributed by atoms with Crippen LogP contribution < -0.4 is 0 Å². The number of hydrogen-bond acceptors (Lipinski definition) is 3. The van der Waals surface area contributed by atoms with Crippen LogP contribution in [-0.4, -0.2) is 0 Å². The molecule has 0 heterocycles. The van der Waals surface area contributed by atoms with Gasteiger partial charge in [0.15, 0.2) is 0 Å². The van der Waals surface area contributed by atoms with E-state index in [0.717, 1.165) is 14.9 Å². The molecule has 19 heavy (non-hydrogen) atoms. The van der Waals surface area contributed by atoms with Gasteiger partial charge in [0.05, 0.1) is 3.57 Å². The largest absolute Gasteiger partial charge is 0.341 e. The number of benzene rings is 2. The van der Waals surface area contributed by atoms with Crippen molar-refractivity contribution in [3.63, 3.8) is 0 Å². The van der Waals surface area contributed by atoms with E-state index in [9.17, 15) is 10.5 Å². The van der Waals surface area contributed by atoms with Gasteiger partial charge in [-0.2, -0.15) is 0 Å². The van der Waals surface area contributed by atoms with Gasteiger partial charge in [-0.1, -0.05) is 22.0 Å². The predicted molar refractivity (Wildman–Crippen MR) is 84.2 cm³/mol. The highest BCUT2D eigenvalue weighted by Crippen LogP contribution is 2.30. The maximum atomic E-state index is 12.8. The minimum absolute atomic E-state index is 0.277. The summed E-state index contributed by atoms with van der Waals surface area (Å²) in [6, 6.07) is 11.4. The zero-order chi connectivity index (χ0) is 13.8. The maximum Gasteiger partial charge on any atom is 0.341 e. The van der Waals surface area contributed by atoms with E-state index in [1.807, 2.05) is 6.07 Å². The zero-order valence-corrected chi connectivity index (χ0v) is 14.2. The Morgan fingerprint density at radius 1 is 1.11 bits per heavy atom. The molecule has 0 aliphatic carbocycles. The molecule has 0 saturated carbocycles. The molecule has 0 aromatic heterocycles. The van der Waals surface area contributed by atoms with Crippen molar-refractivity contribution < 1.29 is 10.5 Å². The highest BCUT2D eigenvalue weighted by atomic mass is 127. The molecule has 0 aliphatic heterocycles. The summed E-state index contributed by atoms with van der Waals surface area (Å²) in [5.74, 6) is 0.272. The molecule has 0 amide bonds. The summed E-state index contributed by atoms with van der Waals surface area (Å²) in [5.41, 5.74) is 0.785. The van der Waals surface area contributed by atoms with Crippen LogP contribution in [0.3, 0.4) is 0 Å². The van der Waals surface area contributed by atoms with E-state index in [1.54, 1.807) is 24.3 Å². The molecule has 0 spiro atoms. The van der Waals surface area contributed by atoms with Crippen LogP contribution in [-0.2, 0) is 11.9 Å². The standard InChI is InChI=1S/C13H9BrFIO2S/c14-10-2-1-9(13(7-10)16(17)18)8-19-12-5-3-11(15)4-6-12/h1-7H,8H2. The molecule has 2 nitrogen and oxygen atoms in total. The van der Waals surface area contributed by atoms with Crippen molar-refractivity contribution in [1.29, 1.82) is 0 Å². The third-order valence-electron chi connectivity index (χ3n) is 2.39. The van der Waals surface area contributed by atoms with Gasteiger partial charge < -0.3 is 0 Å². The lowest BCUT2D eigenvalue weighted by Crippen LogP contribution is -1.87. The van der Waals surface area contributed by atoms with E-state index < -0.39 is 19.8 Å². The molecule has 0 fully saturated rings. The first-order chi connectivity index (χ1) is 9.06. The number of thioether (sulfide) groups is 1. The molecule has 100 valence electrons. The maximum absolute atomic E-state index is 12.8. The lowest BCUT2D eigenvalue weighted by atomic mass is 10.2. The molecule has 0 bridgehead atoms. The first-order valence-electron chi connectivity index (χ1n) is 5.28. The van der Waals surface area contributed by atoms with Gasteiger partial charge in [-0.3, -0.25) is 0 Å². The van der Waals surface area contributed by atoms with Crippen molar-refractivity contribution in [2.45, 2.75) is 10.6 Å². The molecule has 0 saturated heterocycles. The fraction of sp³-hybridized carbons (Fsp3) is 0.0769. The molecule has 0 unspecified atom stereocenters. The first kappa shape index (κ1) is 14.9. The van der Waals surface area contributed by atoms with Gasteiger partial charge in [-0.25, -0.2) is 10.5 Å². The number of rotatable bonds is 4. The summed E-state index contributed by atoms with van der Waals surface area (Å²) in [7, 11) is 0. The molecule has 0 atom stereocenters. The van der Waals surface area contributed by atoms with Crippen LogP contribution in [0.15, 0.2) is 51.8 Å². The lowest BCUT2D eigenvalue weighted by molar-refractivity contribution is 0.610. The number of halogens is 3. The van der Waals surface area contributed by atoms with Crippen LogP contribution in [0.4, 0.5) is 4.39 Å². The van der Waals surface area contributed by atoms with Crippen LogP contribution in [0.5, 0.6) is 0 Å². The Labute approximate surface area is 130 Å². The Morgan fingerprint density at radius 2 is 1.79 bits per heavy atom. The van der Waals surface area contributed by atoms with Gasteiger partial charge in [-0.15, -0.1) is 11.8 Å². The Bertz CT molecular complexity index is 648. The zero-order valence-electron chi connectivity index (χ0n) is 9.61. The van der Waals surface area contributed by atoms with Gasteiger partial charge in [-0.05, 0) is 42.0 Å². The van der Waals surface area contributed by atoms with E-state index in [0.29, 0.717) is 9.32 Å². The van der Waals surface area contributed by atoms with Gasteiger partial charge >= 0.3 is 19.8 Å². The normalized spacial score (nSPS) is 10.9. The fourth-order valence-corrected chi connectivity index (χ4v) is 4.95. The Balaban J connectivity index is 2.17. The van der Waals surface area contributed by atoms with Crippen LogP contribution in [0, 0.1) is 9.39 Å². The average Bonchev–Trinajstić information content (AvgIpc) is 2.39. The second-order valence-electron chi connectivity index (χ2n) is 3.70. The van der Waals surface area contributed by atoms with E-state index in [4.69, 9.17) is 0 Å². The SMILES string of the molecule is O=I(=O)c1cc(Br)ccc1CSc1ccc(F)cc1. The predicted octanol–water partition coefficient (Wildman–Crippen LogP) is 5.25. The summed E-state index contributed by atoms with van der Waals surface area (Å²) < 4.78 is 36.5. The molecular formula is C13H9BrFIO2S. The van der Waals surface area contributed by atoms with Crippen molar-refractivity contribution in [1.82, 2.24) is 0 Å². The lowest BCUT2D eigenvalue weighted by Gasteiger charge is -2.05. The molecule has 0 aliphatic rings. The summed E-state index contributed by atoms with van der Waals surface area (Å²) >= 11 is 1.25. The average molecular weight is 455 g/mol. The highest BCUT2D eigenvalue weighted by molar-refractivity contribution is 14.2. The quantitative estimate of drug-likeness (QED) is 0.467. The van der Waals surface area contributed by atoms with E-state index in [2.05, 4.69) is 15.9 Å². The molecule has 2 aromatic rings. The molecule has 2 aromatic carbocycles. The third-order valence-corrected chi connectivity index (χ3v) is 5.90. The second kappa shape index (κ2) is 6.81. The topological polar surface area (TPSA) is 34.1 Å². The Hall–Kier alpha value is -0.470. The van der Waals surface area contributed by atoms with Crippen molar-refractivity contribution >= 4 is 47.5 Å². The van der Waals surface area contributed by atoms with Crippen LogP contribution >= 0.6 is 47.5 Å². The van der Waals surface area contributed by atoms with Gasteiger partial charge in [0, 0.05) is 15.1 Å². The summed E-state index contributed by atoms with van der Waals surface area (Å²) in [6.45, 7) is 0. The monoisotopic (exact) mass is 454 g/mol. The smallest absolute Gasteiger partial charge is 0.230 e. The molecular weight excluding hydrogens is 446 g/mol. The van der Waals surface area contributed by atoms with Crippen molar-refractivity contribution in [3.8, 4) is 0 Å². The molecule has 0 radical (unpaired) electrons.